The summed E-state index contributed by atoms with van der Waals surface area (Å²) in [6.45, 7) is 3.86. The molecule has 0 saturated carbocycles. The van der Waals surface area contributed by atoms with Gasteiger partial charge in [0, 0.05) is 6.08 Å². The minimum Gasteiger partial charge on any atom is -0.376 e. The second-order valence-electron chi connectivity index (χ2n) is 3.28. The van der Waals surface area contributed by atoms with E-state index in [1.54, 1.807) is 7.05 Å². The highest BCUT2D eigenvalue weighted by molar-refractivity contribution is 5.87. The number of nitrogens with one attached hydrogen (secondary N) is 1. The number of hydrogen-bond acceptors (Lipinski definition) is 3. The molecule has 2 N–H and O–H groups in total. The van der Waals surface area contributed by atoms with Crippen molar-refractivity contribution >= 4 is 11.9 Å². The molecule has 1 heterocycles. The van der Waals surface area contributed by atoms with Crippen LogP contribution in [0.3, 0.4) is 0 Å². The number of aliphatic hydroxyl groups is 1. The van der Waals surface area contributed by atoms with Crippen molar-refractivity contribution in [1.29, 1.82) is 0 Å². The molecule has 1 atom stereocenters. The summed E-state index contributed by atoms with van der Waals surface area (Å²) < 4.78 is -0.217. The van der Waals surface area contributed by atoms with Crippen molar-refractivity contribution in [3.8, 4) is 0 Å². The molecular weight excluding hydrogens is 186 g/mol. The highest BCUT2D eigenvalue weighted by Crippen LogP contribution is 2.12. The number of quaternary nitrogens is 1. The summed E-state index contributed by atoms with van der Waals surface area (Å²) in [4.78, 5) is 23.9. The maximum atomic E-state index is 11.6. The van der Waals surface area contributed by atoms with Crippen LogP contribution in [-0.2, 0) is 4.79 Å². The molecular formula is C8H14N3O3+. The summed E-state index contributed by atoms with van der Waals surface area (Å²) in [7, 11) is 1.58. The third-order valence-corrected chi connectivity index (χ3v) is 2.22. The third kappa shape index (κ3) is 1.75. The number of rotatable bonds is 3. The van der Waals surface area contributed by atoms with Crippen LogP contribution in [0.2, 0.25) is 0 Å². The van der Waals surface area contributed by atoms with E-state index in [1.165, 1.54) is 4.90 Å². The Hall–Kier alpha value is -1.40. The van der Waals surface area contributed by atoms with E-state index in [-0.39, 0.29) is 17.4 Å². The fourth-order valence-corrected chi connectivity index (χ4v) is 1.35. The molecule has 0 aliphatic carbocycles. The van der Waals surface area contributed by atoms with Gasteiger partial charge in [0.05, 0.1) is 6.54 Å². The van der Waals surface area contributed by atoms with E-state index < -0.39 is 5.91 Å². The Bertz CT molecular complexity index is 279. The van der Waals surface area contributed by atoms with Crippen molar-refractivity contribution in [1.82, 2.24) is 10.3 Å². The van der Waals surface area contributed by atoms with Gasteiger partial charge in [-0.1, -0.05) is 6.58 Å². The second-order valence-corrected chi connectivity index (χ2v) is 3.28. The van der Waals surface area contributed by atoms with Gasteiger partial charge < -0.3 is 5.11 Å². The lowest BCUT2D eigenvalue weighted by Gasteiger charge is -2.24. The zero-order chi connectivity index (χ0) is 10.8. The molecule has 1 aliphatic rings. The number of nitrogens with zero attached hydrogens (tertiary/aromatic N) is 2. The van der Waals surface area contributed by atoms with Crippen LogP contribution in [0, 0.1) is 0 Å². The molecule has 3 amide bonds. The molecule has 1 aliphatic heterocycles. The van der Waals surface area contributed by atoms with Crippen molar-refractivity contribution in [3.63, 3.8) is 0 Å². The van der Waals surface area contributed by atoms with Crippen LogP contribution in [-0.4, -0.2) is 53.4 Å². The van der Waals surface area contributed by atoms with Gasteiger partial charge in [-0.25, -0.2) is 4.79 Å². The van der Waals surface area contributed by atoms with Crippen LogP contribution >= 0.6 is 0 Å². The highest BCUT2D eigenvalue weighted by atomic mass is 16.3. The van der Waals surface area contributed by atoms with Crippen molar-refractivity contribution in [2.45, 2.75) is 0 Å². The summed E-state index contributed by atoms with van der Waals surface area (Å²) >= 11 is 0. The molecule has 1 unspecified atom stereocenters. The number of aliphatic hydroxyl groups excluding tert-OH is 1. The first kappa shape index (κ1) is 10.7. The van der Waals surface area contributed by atoms with E-state index in [9.17, 15) is 9.59 Å². The van der Waals surface area contributed by atoms with Gasteiger partial charge in [-0.15, -0.1) is 4.59 Å². The molecule has 0 aromatic heterocycles. The smallest absolute Gasteiger partial charge is 0.376 e. The van der Waals surface area contributed by atoms with Crippen molar-refractivity contribution in [3.05, 3.63) is 12.7 Å². The Balaban J connectivity index is 2.72. The van der Waals surface area contributed by atoms with Crippen molar-refractivity contribution in [2.75, 3.05) is 26.9 Å². The largest absolute Gasteiger partial charge is 0.445 e. The Morgan fingerprint density at radius 2 is 2.50 bits per heavy atom. The van der Waals surface area contributed by atoms with E-state index >= 15 is 0 Å². The molecule has 1 fully saturated rings. The molecule has 0 aromatic carbocycles. The number of hydrogen-bond donors (Lipinski definition) is 2. The van der Waals surface area contributed by atoms with Gasteiger partial charge in [0.25, 0.3) is 5.91 Å². The Labute approximate surface area is 82.0 Å². The van der Waals surface area contributed by atoms with E-state index in [0.717, 1.165) is 6.08 Å². The lowest BCUT2D eigenvalue weighted by Crippen LogP contribution is -2.59. The van der Waals surface area contributed by atoms with Gasteiger partial charge in [-0.2, -0.15) is 5.43 Å². The Morgan fingerprint density at radius 1 is 1.86 bits per heavy atom. The average molecular weight is 200 g/mol. The zero-order valence-corrected chi connectivity index (χ0v) is 8.06. The minimum absolute atomic E-state index is 0.217. The van der Waals surface area contributed by atoms with Crippen LogP contribution < -0.4 is 5.43 Å². The maximum absolute atomic E-state index is 11.6. The number of amides is 3. The van der Waals surface area contributed by atoms with Gasteiger partial charge in [-0.05, 0) is 0 Å². The fourth-order valence-electron chi connectivity index (χ4n) is 1.35. The molecule has 0 aromatic rings. The van der Waals surface area contributed by atoms with Gasteiger partial charge >= 0.3 is 6.03 Å². The molecule has 1 rings (SSSR count). The van der Waals surface area contributed by atoms with E-state index in [1.807, 2.05) is 0 Å². The van der Waals surface area contributed by atoms with Gasteiger partial charge in [0.2, 0.25) is 0 Å². The summed E-state index contributed by atoms with van der Waals surface area (Å²) in [5, 5.41) is 8.82. The summed E-state index contributed by atoms with van der Waals surface area (Å²) in [5.74, 6) is -0.402. The molecule has 0 spiro atoms. The van der Waals surface area contributed by atoms with E-state index in [2.05, 4.69) is 12.0 Å². The first-order chi connectivity index (χ1) is 6.53. The fraction of sp³-hybridized carbons (Fsp3) is 0.500. The first-order valence-corrected chi connectivity index (χ1v) is 4.24. The van der Waals surface area contributed by atoms with Crippen molar-refractivity contribution < 1.29 is 19.3 Å². The second kappa shape index (κ2) is 3.77. The standard InChI is InChI=1S/C8H13N3O3/c1-3-7(13)9-11(2)5-4-10(6-12)8(11)14/h3,12H,1,4-6H2,2H3/p+1. The Morgan fingerprint density at radius 3 is 2.93 bits per heavy atom. The van der Waals surface area contributed by atoms with Crippen LogP contribution in [0.25, 0.3) is 0 Å². The third-order valence-electron chi connectivity index (χ3n) is 2.22. The summed E-state index contributed by atoms with van der Waals surface area (Å²) in [6, 6.07) is -0.317. The number of urea groups is 1. The minimum atomic E-state index is -0.402. The van der Waals surface area contributed by atoms with Crippen LogP contribution in [0.1, 0.15) is 0 Å². The molecule has 6 nitrogen and oxygen atoms in total. The molecule has 6 heteroatoms. The lowest BCUT2D eigenvalue weighted by molar-refractivity contribution is -0.857. The van der Waals surface area contributed by atoms with Gasteiger partial charge in [0.15, 0.2) is 0 Å². The Kier molecular flexibility index (Phi) is 2.87. The van der Waals surface area contributed by atoms with E-state index in [4.69, 9.17) is 5.11 Å². The monoisotopic (exact) mass is 200 g/mol. The molecule has 0 bridgehead atoms. The molecule has 0 radical (unpaired) electrons. The average Bonchev–Trinajstić information content (AvgIpc) is 2.43. The van der Waals surface area contributed by atoms with Crippen LogP contribution in [0.4, 0.5) is 4.79 Å². The first-order valence-electron chi connectivity index (χ1n) is 4.24. The molecule has 78 valence electrons. The lowest BCUT2D eigenvalue weighted by atomic mass is 10.5. The maximum Gasteiger partial charge on any atom is 0.445 e. The highest BCUT2D eigenvalue weighted by Gasteiger charge is 2.44. The number of likely N-dealkylation sites (N-methyl/N-ethyl adjacent to an activating group) is 1. The number of carbonyl (C=O) groups excluding carboxylic acids is 2. The van der Waals surface area contributed by atoms with Crippen molar-refractivity contribution in [2.24, 2.45) is 0 Å². The summed E-state index contributed by atoms with van der Waals surface area (Å²) in [6.07, 6.45) is 1.11. The SMILES string of the molecule is C=CC(=O)N[N+]1(C)CCN(CO)C1=O. The molecule has 1 saturated heterocycles. The predicted octanol–water partition coefficient (Wildman–Crippen LogP) is -0.964. The zero-order valence-electron chi connectivity index (χ0n) is 8.06. The normalized spacial score (nSPS) is 26.4. The number of carbonyl (C=O) groups is 2. The predicted molar refractivity (Wildman–Crippen MR) is 48.6 cm³/mol. The van der Waals surface area contributed by atoms with E-state index in [0.29, 0.717) is 13.1 Å². The summed E-state index contributed by atoms with van der Waals surface area (Å²) in [5.41, 5.74) is 2.50. The molecule has 14 heavy (non-hydrogen) atoms. The quantitative estimate of drug-likeness (QED) is 0.455. The van der Waals surface area contributed by atoms with Gasteiger partial charge in [0.1, 0.15) is 20.3 Å². The topological polar surface area (TPSA) is 69.6 Å². The van der Waals surface area contributed by atoms with Gasteiger partial charge in [-0.3, -0.25) is 9.69 Å². The van der Waals surface area contributed by atoms with Crippen LogP contribution in [0.5, 0.6) is 0 Å². The van der Waals surface area contributed by atoms with Crippen LogP contribution in [0.15, 0.2) is 12.7 Å².